The van der Waals surface area contributed by atoms with Gasteiger partial charge >= 0.3 is 0 Å². The Kier molecular flexibility index (Phi) is 5.39. The molecule has 1 aromatic carbocycles. The Labute approximate surface area is 161 Å². The van der Waals surface area contributed by atoms with Gasteiger partial charge in [-0.05, 0) is 43.0 Å². The fraction of sp³-hybridized carbons (Fsp3) is 0.455. The molecule has 2 atom stereocenters. The number of nitrogens with zero attached hydrogens (tertiary/aromatic N) is 3. The summed E-state index contributed by atoms with van der Waals surface area (Å²) >= 11 is 0. The third-order valence-corrected chi connectivity index (χ3v) is 5.86. The fourth-order valence-corrected chi connectivity index (χ4v) is 4.33. The second kappa shape index (κ2) is 8.09. The van der Waals surface area contributed by atoms with Gasteiger partial charge in [0.25, 0.3) is 0 Å². The highest BCUT2D eigenvalue weighted by atomic mass is 16.2. The molecule has 0 bridgehead atoms. The largest absolute Gasteiger partial charge is 0.368 e. The third-order valence-electron chi connectivity index (χ3n) is 5.86. The highest BCUT2D eigenvalue weighted by Gasteiger charge is 2.29. The maximum absolute atomic E-state index is 13.1. The summed E-state index contributed by atoms with van der Waals surface area (Å²) in [6.45, 7) is 5.45. The maximum Gasteiger partial charge on any atom is 0.224 e. The summed E-state index contributed by atoms with van der Waals surface area (Å²) in [6.07, 6.45) is 6.48. The monoisotopic (exact) mass is 364 g/mol. The molecule has 1 N–H and O–H groups in total. The summed E-state index contributed by atoms with van der Waals surface area (Å²) in [7, 11) is 0. The fourth-order valence-electron chi connectivity index (χ4n) is 4.33. The molecule has 27 heavy (non-hydrogen) atoms. The number of anilines is 1. The van der Waals surface area contributed by atoms with E-state index in [2.05, 4.69) is 52.5 Å². The number of fused-ring (bicyclic) bond motifs is 1. The molecule has 0 spiro atoms. The lowest BCUT2D eigenvalue weighted by atomic mass is 9.96. The number of hydrogen-bond donors (Lipinski definition) is 1. The van der Waals surface area contributed by atoms with E-state index in [0.717, 1.165) is 44.6 Å². The van der Waals surface area contributed by atoms with Crippen molar-refractivity contribution in [2.75, 3.05) is 31.1 Å². The highest BCUT2D eigenvalue weighted by Crippen LogP contribution is 2.31. The molecule has 0 aliphatic carbocycles. The van der Waals surface area contributed by atoms with Gasteiger partial charge in [-0.2, -0.15) is 0 Å². The van der Waals surface area contributed by atoms with Crippen molar-refractivity contribution in [3.8, 4) is 0 Å². The number of hydrogen-bond acceptors (Lipinski definition) is 4. The number of aromatic nitrogens is 1. The van der Waals surface area contributed by atoms with Crippen LogP contribution < -0.4 is 10.2 Å². The molecule has 5 nitrogen and oxygen atoms in total. The summed E-state index contributed by atoms with van der Waals surface area (Å²) in [5, 5.41) is 3.41. The van der Waals surface area contributed by atoms with Crippen LogP contribution in [0.15, 0.2) is 48.8 Å². The van der Waals surface area contributed by atoms with Crippen LogP contribution in [0.2, 0.25) is 0 Å². The van der Waals surface area contributed by atoms with E-state index < -0.39 is 0 Å². The Morgan fingerprint density at radius 3 is 3.00 bits per heavy atom. The average molecular weight is 364 g/mol. The predicted molar refractivity (Wildman–Crippen MR) is 108 cm³/mol. The SMILES string of the molecule is CC1CCc2ccccc2N1CCC(=O)N1CCNCC1c1cccnc1. The van der Waals surface area contributed by atoms with Crippen molar-refractivity contribution in [2.45, 2.75) is 38.3 Å². The summed E-state index contributed by atoms with van der Waals surface area (Å²) in [4.78, 5) is 21.8. The number of pyridine rings is 1. The zero-order valence-corrected chi connectivity index (χ0v) is 16.0. The van der Waals surface area contributed by atoms with E-state index >= 15 is 0 Å². The summed E-state index contributed by atoms with van der Waals surface area (Å²) in [6, 6.07) is 13.2. The minimum absolute atomic E-state index is 0.0750. The van der Waals surface area contributed by atoms with Crippen molar-refractivity contribution in [2.24, 2.45) is 0 Å². The minimum atomic E-state index is 0.0750. The van der Waals surface area contributed by atoms with E-state index in [1.807, 2.05) is 17.2 Å². The molecule has 1 aromatic heterocycles. The lowest BCUT2D eigenvalue weighted by molar-refractivity contribution is -0.134. The summed E-state index contributed by atoms with van der Waals surface area (Å²) in [5.41, 5.74) is 3.81. The van der Waals surface area contributed by atoms with E-state index in [0.29, 0.717) is 12.5 Å². The molecule has 2 aliphatic heterocycles. The molecule has 3 heterocycles. The first-order valence-electron chi connectivity index (χ1n) is 9.98. The van der Waals surface area contributed by atoms with Gasteiger partial charge in [0, 0.05) is 56.7 Å². The van der Waals surface area contributed by atoms with Gasteiger partial charge in [-0.3, -0.25) is 9.78 Å². The molecule has 1 saturated heterocycles. The van der Waals surface area contributed by atoms with E-state index in [1.54, 1.807) is 6.20 Å². The lowest BCUT2D eigenvalue weighted by Gasteiger charge is -2.39. The van der Waals surface area contributed by atoms with Crippen LogP contribution in [0.3, 0.4) is 0 Å². The van der Waals surface area contributed by atoms with Gasteiger partial charge in [-0.25, -0.2) is 0 Å². The van der Waals surface area contributed by atoms with Crippen LogP contribution in [0.1, 0.15) is 36.9 Å². The summed E-state index contributed by atoms with van der Waals surface area (Å²) < 4.78 is 0. The van der Waals surface area contributed by atoms with Gasteiger partial charge in [-0.15, -0.1) is 0 Å². The van der Waals surface area contributed by atoms with E-state index in [9.17, 15) is 4.79 Å². The van der Waals surface area contributed by atoms with Gasteiger partial charge < -0.3 is 15.1 Å². The van der Waals surface area contributed by atoms with E-state index in [1.165, 1.54) is 11.3 Å². The molecule has 0 radical (unpaired) electrons. The second-order valence-electron chi connectivity index (χ2n) is 7.55. The van der Waals surface area contributed by atoms with Crippen LogP contribution in [0.4, 0.5) is 5.69 Å². The number of piperazine rings is 1. The van der Waals surface area contributed by atoms with Crippen LogP contribution in [0.25, 0.3) is 0 Å². The van der Waals surface area contributed by atoms with E-state index in [4.69, 9.17) is 0 Å². The normalized spacial score (nSPS) is 22.4. The Hall–Kier alpha value is -2.40. The van der Waals surface area contributed by atoms with Crippen LogP contribution in [-0.2, 0) is 11.2 Å². The molecule has 2 unspecified atom stereocenters. The number of carbonyl (C=O) groups is 1. The molecule has 2 aromatic rings. The van der Waals surface area contributed by atoms with Crippen LogP contribution in [0.5, 0.6) is 0 Å². The number of benzene rings is 1. The first kappa shape index (κ1) is 18.0. The number of aryl methyl sites for hydroxylation is 1. The van der Waals surface area contributed by atoms with Crippen LogP contribution in [-0.4, -0.2) is 48.0 Å². The summed E-state index contributed by atoms with van der Waals surface area (Å²) in [5.74, 6) is 0.237. The van der Waals surface area contributed by atoms with Crippen LogP contribution >= 0.6 is 0 Å². The molecule has 1 fully saturated rings. The average Bonchev–Trinajstić information content (AvgIpc) is 2.73. The quantitative estimate of drug-likeness (QED) is 0.906. The Bertz CT molecular complexity index is 779. The van der Waals surface area contributed by atoms with Gasteiger partial charge in [0.15, 0.2) is 0 Å². The molecule has 1 amide bonds. The second-order valence-corrected chi connectivity index (χ2v) is 7.55. The third kappa shape index (κ3) is 3.83. The number of amides is 1. The van der Waals surface area contributed by atoms with Gasteiger partial charge in [0.2, 0.25) is 5.91 Å². The van der Waals surface area contributed by atoms with Gasteiger partial charge in [0.05, 0.1) is 6.04 Å². The van der Waals surface area contributed by atoms with Crippen molar-refractivity contribution < 1.29 is 4.79 Å². The number of nitrogens with one attached hydrogen (secondary N) is 1. The number of carbonyl (C=O) groups excluding carboxylic acids is 1. The van der Waals surface area contributed by atoms with Crippen molar-refractivity contribution >= 4 is 11.6 Å². The standard InChI is InChI=1S/C22H28N4O/c1-17-8-9-18-5-2-3-7-20(18)25(17)13-10-22(27)26-14-12-24-16-21(26)19-6-4-11-23-15-19/h2-7,11,15,17,21,24H,8-10,12-14,16H2,1H3. The Morgan fingerprint density at radius 1 is 1.26 bits per heavy atom. The smallest absolute Gasteiger partial charge is 0.224 e. The van der Waals surface area contributed by atoms with Crippen molar-refractivity contribution in [1.29, 1.82) is 0 Å². The molecular weight excluding hydrogens is 336 g/mol. The molecule has 5 heteroatoms. The zero-order valence-electron chi connectivity index (χ0n) is 16.0. The van der Waals surface area contributed by atoms with Crippen LogP contribution in [0, 0.1) is 0 Å². The first-order valence-corrected chi connectivity index (χ1v) is 9.98. The molecular formula is C22H28N4O. The maximum atomic E-state index is 13.1. The van der Waals surface area contributed by atoms with E-state index in [-0.39, 0.29) is 11.9 Å². The van der Waals surface area contributed by atoms with Gasteiger partial charge in [0.1, 0.15) is 0 Å². The topological polar surface area (TPSA) is 48.5 Å². The highest BCUT2D eigenvalue weighted by molar-refractivity contribution is 5.77. The molecule has 142 valence electrons. The number of para-hydroxylation sites is 1. The Balaban J connectivity index is 1.45. The van der Waals surface area contributed by atoms with Gasteiger partial charge in [-0.1, -0.05) is 24.3 Å². The molecule has 4 rings (SSSR count). The molecule has 2 aliphatic rings. The van der Waals surface area contributed by atoms with Crippen molar-refractivity contribution in [1.82, 2.24) is 15.2 Å². The predicted octanol–water partition coefficient (Wildman–Crippen LogP) is 2.79. The minimum Gasteiger partial charge on any atom is -0.368 e. The van der Waals surface area contributed by atoms with Crippen molar-refractivity contribution in [3.63, 3.8) is 0 Å². The zero-order chi connectivity index (χ0) is 18.6. The van der Waals surface area contributed by atoms with Crippen molar-refractivity contribution in [3.05, 3.63) is 59.9 Å². The number of rotatable bonds is 4. The first-order chi connectivity index (χ1) is 13.2. The molecule has 0 saturated carbocycles. The lowest BCUT2D eigenvalue weighted by Crippen LogP contribution is -2.49. The Morgan fingerprint density at radius 2 is 2.15 bits per heavy atom.